The third-order valence-electron chi connectivity index (χ3n) is 10.1. The van der Waals surface area contributed by atoms with Gasteiger partial charge < -0.3 is 9.84 Å². The number of halogens is 4. The summed E-state index contributed by atoms with van der Waals surface area (Å²) in [5.74, 6) is -0.408. The maximum atomic E-state index is 14.1. The average Bonchev–Trinajstić information content (AvgIpc) is 3.70. The van der Waals surface area contributed by atoms with Gasteiger partial charge in [-0.1, -0.05) is 19.1 Å². The number of carboxylic acid groups (broad SMARTS) is 1. The molecule has 2 aromatic carbocycles. The zero-order valence-corrected chi connectivity index (χ0v) is 22.3. The minimum Gasteiger partial charge on any atom is -0.486 e. The molecule has 2 aromatic rings. The molecule has 2 saturated carbocycles. The number of carbonyl (C=O) groups is 1. The predicted molar refractivity (Wildman–Crippen MR) is 138 cm³/mol. The van der Waals surface area contributed by atoms with E-state index in [0.717, 1.165) is 73.6 Å². The van der Waals surface area contributed by atoms with Gasteiger partial charge >= 0.3 is 12.1 Å². The second-order valence-electron chi connectivity index (χ2n) is 12.2. The Balaban J connectivity index is 1.25. The highest BCUT2D eigenvalue weighted by atomic mass is 19.4. The molecule has 2 heterocycles. The van der Waals surface area contributed by atoms with E-state index in [-0.39, 0.29) is 28.9 Å². The highest BCUT2D eigenvalue weighted by Gasteiger charge is 2.57. The molecule has 1 unspecified atom stereocenters. The first-order chi connectivity index (χ1) is 18.5. The van der Waals surface area contributed by atoms with E-state index < -0.39 is 35.5 Å². The van der Waals surface area contributed by atoms with Crippen LogP contribution in [0.5, 0.6) is 5.75 Å². The number of nitrogens with zero attached hydrogens (tertiary/aromatic N) is 1. The van der Waals surface area contributed by atoms with E-state index in [0.29, 0.717) is 19.0 Å². The first-order valence-electron chi connectivity index (χ1n) is 14.1. The summed E-state index contributed by atoms with van der Waals surface area (Å²) in [6.07, 6.45) is 1.16. The normalized spacial score (nSPS) is 29.0. The van der Waals surface area contributed by atoms with Crippen LogP contribution in [-0.4, -0.2) is 34.7 Å². The molecule has 0 amide bonds. The van der Waals surface area contributed by atoms with Crippen molar-refractivity contribution in [2.24, 2.45) is 23.7 Å². The fourth-order valence-corrected chi connectivity index (χ4v) is 7.83. The molecule has 4 aliphatic rings. The van der Waals surface area contributed by atoms with E-state index in [1.54, 1.807) is 13.8 Å². The van der Waals surface area contributed by atoms with E-state index in [2.05, 4.69) is 23.1 Å². The van der Waals surface area contributed by atoms with Crippen LogP contribution in [0.3, 0.4) is 0 Å². The topological polar surface area (TPSA) is 49.8 Å². The van der Waals surface area contributed by atoms with Gasteiger partial charge in [0.15, 0.2) is 0 Å². The second kappa shape index (κ2) is 9.50. The summed E-state index contributed by atoms with van der Waals surface area (Å²) >= 11 is 0. The van der Waals surface area contributed by atoms with Gasteiger partial charge in [0.1, 0.15) is 17.2 Å². The molecular formula is C31H35F4NO3. The lowest BCUT2D eigenvalue weighted by Crippen LogP contribution is -2.58. The van der Waals surface area contributed by atoms with Crippen LogP contribution in [-0.2, 0) is 17.4 Å². The van der Waals surface area contributed by atoms with Gasteiger partial charge in [0, 0.05) is 31.0 Å². The third kappa shape index (κ3) is 4.62. The van der Waals surface area contributed by atoms with E-state index in [1.807, 2.05) is 0 Å². The third-order valence-corrected chi connectivity index (χ3v) is 10.1. The van der Waals surface area contributed by atoms with Crippen LogP contribution in [0.4, 0.5) is 17.6 Å². The molecule has 0 aromatic heterocycles. The van der Waals surface area contributed by atoms with Crippen molar-refractivity contribution in [3.63, 3.8) is 0 Å². The van der Waals surface area contributed by atoms with Gasteiger partial charge in [0.2, 0.25) is 0 Å². The number of aryl methyl sites for hydroxylation is 1. The van der Waals surface area contributed by atoms with E-state index in [1.165, 1.54) is 0 Å². The van der Waals surface area contributed by atoms with Gasteiger partial charge in [0.05, 0.1) is 11.5 Å². The Morgan fingerprint density at radius 1 is 1.05 bits per heavy atom. The minimum absolute atomic E-state index is 0.0175. The van der Waals surface area contributed by atoms with E-state index in [4.69, 9.17) is 4.74 Å². The SMILES string of the molecule is C[C@H](C(=O)O)[C@H](c1ccc2c(c1)OC1(CC2)[C@@H]2CC[C@H]1CN([C@@H](C)c1cc(F)ccc1C(F)(F)F)C2)C1CC1. The summed E-state index contributed by atoms with van der Waals surface area (Å²) in [5.41, 5.74) is 0.986. The summed E-state index contributed by atoms with van der Waals surface area (Å²) in [6.45, 7) is 4.72. The summed E-state index contributed by atoms with van der Waals surface area (Å²) in [4.78, 5) is 13.9. The van der Waals surface area contributed by atoms with E-state index >= 15 is 0 Å². The fraction of sp³-hybridized carbons (Fsp3) is 0.581. The largest absolute Gasteiger partial charge is 0.486 e. The summed E-state index contributed by atoms with van der Waals surface area (Å²) in [5, 5.41) is 9.71. The Labute approximate surface area is 226 Å². The number of aliphatic carboxylic acids is 1. The average molecular weight is 546 g/mol. The van der Waals surface area contributed by atoms with Crippen molar-refractivity contribution in [2.45, 2.75) is 76.1 Å². The first-order valence-corrected chi connectivity index (χ1v) is 14.1. The zero-order valence-electron chi connectivity index (χ0n) is 22.3. The summed E-state index contributed by atoms with van der Waals surface area (Å²) in [7, 11) is 0. The number of benzene rings is 2. The molecule has 8 heteroatoms. The van der Waals surface area contributed by atoms with Crippen LogP contribution in [0.2, 0.25) is 0 Å². The number of hydrogen-bond acceptors (Lipinski definition) is 3. The van der Waals surface area contributed by atoms with Gasteiger partial charge in [-0.2, -0.15) is 13.2 Å². The van der Waals surface area contributed by atoms with Gasteiger partial charge in [-0.15, -0.1) is 0 Å². The van der Waals surface area contributed by atoms with Crippen molar-refractivity contribution in [1.29, 1.82) is 0 Å². The first kappa shape index (κ1) is 26.6. The molecule has 39 heavy (non-hydrogen) atoms. The highest BCUT2D eigenvalue weighted by molar-refractivity contribution is 5.71. The van der Waals surface area contributed by atoms with Gasteiger partial charge in [-0.05, 0) is 98.2 Å². The Morgan fingerprint density at radius 3 is 2.36 bits per heavy atom. The van der Waals surface area contributed by atoms with Crippen molar-refractivity contribution in [3.8, 4) is 5.75 Å². The van der Waals surface area contributed by atoms with E-state index in [9.17, 15) is 27.5 Å². The van der Waals surface area contributed by atoms with Crippen LogP contribution in [0.15, 0.2) is 36.4 Å². The van der Waals surface area contributed by atoms with Crippen molar-refractivity contribution >= 4 is 5.97 Å². The number of rotatable bonds is 6. The van der Waals surface area contributed by atoms with Gasteiger partial charge in [0.25, 0.3) is 0 Å². The van der Waals surface area contributed by atoms with Crippen molar-refractivity contribution < 1.29 is 32.2 Å². The highest BCUT2D eigenvalue weighted by Crippen LogP contribution is 2.55. The van der Waals surface area contributed by atoms with Crippen molar-refractivity contribution in [2.75, 3.05) is 13.1 Å². The molecule has 2 aliphatic heterocycles. The molecule has 3 fully saturated rings. The quantitative estimate of drug-likeness (QED) is 0.389. The maximum absolute atomic E-state index is 14.1. The zero-order chi connectivity index (χ0) is 27.7. The lowest BCUT2D eigenvalue weighted by atomic mass is 9.73. The maximum Gasteiger partial charge on any atom is 0.416 e. The molecule has 1 spiro atoms. The van der Waals surface area contributed by atoms with Crippen LogP contribution in [0.1, 0.15) is 80.2 Å². The monoisotopic (exact) mass is 545 g/mol. The Bertz CT molecular complexity index is 1260. The Morgan fingerprint density at radius 2 is 1.74 bits per heavy atom. The Kier molecular flexibility index (Phi) is 6.48. The Hall–Kier alpha value is -2.61. The summed E-state index contributed by atoms with van der Waals surface area (Å²) < 4.78 is 62.2. The number of hydrogen-bond donors (Lipinski definition) is 1. The molecule has 1 N–H and O–H groups in total. The predicted octanol–water partition coefficient (Wildman–Crippen LogP) is 7.23. The molecule has 0 radical (unpaired) electrons. The fourth-order valence-electron chi connectivity index (χ4n) is 7.83. The van der Waals surface area contributed by atoms with Gasteiger partial charge in [-0.25, -0.2) is 4.39 Å². The number of likely N-dealkylation sites (tertiary alicyclic amines) is 1. The lowest BCUT2D eigenvalue weighted by molar-refractivity contribution is -0.142. The minimum atomic E-state index is -4.54. The second-order valence-corrected chi connectivity index (χ2v) is 12.2. The summed E-state index contributed by atoms with van der Waals surface area (Å²) in [6, 6.07) is 8.40. The molecule has 210 valence electrons. The molecule has 1 saturated heterocycles. The number of ether oxygens (including phenoxy) is 1. The van der Waals surface area contributed by atoms with Crippen LogP contribution >= 0.6 is 0 Å². The molecule has 4 nitrogen and oxygen atoms in total. The number of alkyl halides is 3. The molecule has 6 atom stereocenters. The van der Waals surface area contributed by atoms with Crippen molar-refractivity contribution in [1.82, 2.24) is 4.90 Å². The molecule has 6 rings (SSSR count). The standard InChI is InChI=1S/C31H35F4NO3/c1-17(29(37)38)28(20-4-5-20)21-6-3-19-11-12-30(39-27(19)13-21)22-7-8-23(30)16-36(15-22)18(2)25-14-24(32)9-10-26(25)31(33,34)35/h3,6,9-10,13-14,17-18,20,22-23,28H,4-5,7-8,11-12,15-16H2,1-2H3,(H,37,38)/t17-,18-,22-,23+,28-,30?/m0/s1. The molecule has 2 bridgehead atoms. The van der Waals surface area contributed by atoms with Gasteiger partial charge in [-0.3, -0.25) is 9.69 Å². The van der Waals surface area contributed by atoms with Crippen molar-refractivity contribution in [3.05, 3.63) is 64.5 Å². The number of carboxylic acids is 1. The van der Waals surface area contributed by atoms with Crippen LogP contribution in [0.25, 0.3) is 0 Å². The van der Waals surface area contributed by atoms with Crippen LogP contribution < -0.4 is 4.74 Å². The molecular weight excluding hydrogens is 510 g/mol. The smallest absolute Gasteiger partial charge is 0.416 e. The molecule has 2 aliphatic carbocycles. The van der Waals surface area contributed by atoms with Crippen LogP contribution in [0, 0.1) is 29.5 Å². The number of fused-ring (bicyclic) bond motifs is 1. The lowest BCUT2D eigenvalue weighted by Gasteiger charge is -2.51. The number of piperidine rings is 1.